The van der Waals surface area contributed by atoms with Gasteiger partial charge in [-0.25, -0.2) is 4.98 Å². The molecule has 4 aromatic rings. The summed E-state index contributed by atoms with van der Waals surface area (Å²) in [6.45, 7) is 9.08. The van der Waals surface area contributed by atoms with Crippen molar-refractivity contribution in [2.75, 3.05) is 17.2 Å². The SMILES string of the molecule is C=CCOc1ccccc1CNc1nc(Nc2ccn(CC=C)n2)c2ccccc2n1. The highest BCUT2D eigenvalue weighted by atomic mass is 16.5. The zero-order valence-electron chi connectivity index (χ0n) is 17.2. The molecular weight excluding hydrogens is 388 g/mol. The van der Waals surface area contributed by atoms with E-state index >= 15 is 0 Å². The van der Waals surface area contributed by atoms with Crippen LogP contribution < -0.4 is 15.4 Å². The molecule has 0 atom stereocenters. The minimum Gasteiger partial charge on any atom is -0.489 e. The molecule has 31 heavy (non-hydrogen) atoms. The normalized spacial score (nSPS) is 10.6. The van der Waals surface area contributed by atoms with Gasteiger partial charge in [0.15, 0.2) is 5.82 Å². The van der Waals surface area contributed by atoms with Gasteiger partial charge in [0.25, 0.3) is 0 Å². The van der Waals surface area contributed by atoms with Gasteiger partial charge in [-0.1, -0.05) is 49.1 Å². The van der Waals surface area contributed by atoms with E-state index in [1.165, 1.54) is 0 Å². The predicted molar refractivity (Wildman–Crippen MR) is 125 cm³/mol. The average Bonchev–Trinajstić information content (AvgIpc) is 3.24. The lowest BCUT2D eigenvalue weighted by molar-refractivity contribution is 0.359. The molecule has 0 aliphatic heterocycles. The number of nitrogens with zero attached hydrogens (tertiary/aromatic N) is 4. The van der Waals surface area contributed by atoms with E-state index in [1.807, 2.05) is 60.8 Å². The van der Waals surface area contributed by atoms with Crippen LogP contribution in [0.1, 0.15) is 5.56 Å². The lowest BCUT2D eigenvalue weighted by Gasteiger charge is -2.13. The Labute approximate surface area is 181 Å². The van der Waals surface area contributed by atoms with E-state index in [-0.39, 0.29) is 0 Å². The van der Waals surface area contributed by atoms with Gasteiger partial charge in [-0.15, -0.1) is 6.58 Å². The van der Waals surface area contributed by atoms with Crippen molar-refractivity contribution in [2.45, 2.75) is 13.1 Å². The third-order valence-electron chi connectivity index (χ3n) is 4.57. The molecule has 2 aromatic carbocycles. The van der Waals surface area contributed by atoms with E-state index in [9.17, 15) is 0 Å². The Balaban J connectivity index is 1.59. The molecule has 0 saturated heterocycles. The van der Waals surface area contributed by atoms with Crippen molar-refractivity contribution in [3.63, 3.8) is 0 Å². The van der Waals surface area contributed by atoms with E-state index in [0.717, 1.165) is 22.2 Å². The molecule has 0 spiro atoms. The van der Waals surface area contributed by atoms with Crippen LogP contribution in [0, 0.1) is 0 Å². The molecule has 2 aromatic heterocycles. The molecule has 2 N–H and O–H groups in total. The number of rotatable bonds is 10. The quantitative estimate of drug-likeness (QED) is 0.360. The number of benzene rings is 2. The number of fused-ring (bicyclic) bond motifs is 1. The van der Waals surface area contributed by atoms with Gasteiger partial charge in [0, 0.05) is 29.8 Å². The third kappa shape index (κ3) is 4.90. The first kappa shape index (κ1) is 20.2. The fourth-order valence-corrected chi connectivity index (χ4v) is 3.15. The number of ether oxygens (including phenoxy) is 1. The summed E-state index contributed by atoms with van der Waals surface area (Å²) in [5, 5.41) is 12.0. The molecule has 0 aliphatic carbocycles. The Morgan fingerprint density at radius 2 is 1.81 bits per heavy atom. The highest BCUT2D eigenvalue weighted by Gasteiger charge is 2.10. The second-order valence-electron chi connectivity index (χ2n) is 6.81. The molecule has 0 saturated carbocycles. The molecule has 4 rings (SSSR count). The van der Waals surface area contributed by atoms with E-state index in [1.54, 1.807) is 16.8 Å². The zero-order chi connectivity index (χ0) is 21.5. The molecule has 156 valence electrons. The predicted octanol–water partition coefficient (Wildman–Crippen LogP) is 4.93. The maximum atomic E-state index is 5.74. The Kier molecular flexibility index (Phi) is 6.23. The summed E-state index contributed by atoms with van der Waals surface area (Å²) in [7, 11) is 0. The topological polar surface area (TPSA) is 76.9 Å². The van der Waals surface area contributed by atoms with Crippen molar-refractivity contribution in [2.24, 2.45) is 0 Å². The van der Waals surface area contributed by atoms with E-state index in [2.05, 4.69) is 33.9 Å². The van der Waals surface area contributed by atoms with Crippen molar-refractivity contribution < 1.29 is 4.74 Å². The number of hydrogen-bond donors (Lipinski definition) is 2. The van der Waals surface area contributed by atoms with Crippen molar-refractivity contribution in [3.8, 4) is 5.75 Å². The van der Waals surface area contributed by atoms with Crippen molar-refractivity contribution >= 4 is 28.5 Å². The number of para-hydroxylation sites is 2. The van der Waals surface area contributed by atoms with Gasteiger partial charge in [-0.2, -0.15) is 10.1 Å². The maximum absolute atomic E-state index is 5.74. The molecule has 2 heterocycles. The number of allylic oxidation sites excluding steroid dienone is 1. The molecular formula is C24H24N6O. The molecule has 7 nitrogen and oxygen atoms in total. The fourth-order valence-electron chi connectivity index (χ4n) is 3.15. The minimum absolute atomic E-state index is 0.454. The summed E-state index contributed by atoms with van der Waals surface area (Å²) in [6, 6.07) is 17.7. The van der Waals surface area contributed by atoms with Crippen LogP contribution in [0.2, 0.25) is 0 Å². The van der Waals surface area contributed by atoms with Crippen LogP contribution in [0.3, 0.4) is 0 Å². The lowest BCUT2D eigenvalue weighted by atomic mass is 10.2. The van der Waals surface area contributed by atoms with Crippen molar-refractivity contribution in [3.05, 3.63) is 91.7 Å². The maximum Gasteiger partial charge on any atom is 0.225 e. The largest absolute Gasteiger partial charge is 0.489 e. The summed E-state index contributed by atoms with van der Waals surface area (Å²) >= 11 is 0. The van der Waals surface area contributed by atoms with E-state index < -0.39 is 0 Å². The molecule has 0 aliphatic rings. The van der Waals surface area contributed by atoms with Gasteiger partial charge in [-0.3, -0.25) is 4.68 Å². The first-order valence-electron chi connectivity index (χ1n) is 10.0. The molecule has 0 bridgehead atoms. The van der Waals surface area contributed by atoms with Crippen LogP contribution >= 0.6 is 0 Å². The Hall–Kier alpha value is -4.13. The number of nitrogens with one attached hydrogen (secondary N) is 2. The van der Waals surface area contributed by atoms with E-state index in [0.29, 0.717) is 37.3 Å². The number of aromatic nitrogens is 4. The molecule has 0 fully saturated rings. The first-order valence-corrected chi connectivity index (χ1v) is 10.0. The average molecular weight is 412 g/mol. The van der Waals surface area contributed by atoms with Crippen LogP contribution in [-0.4, -0.2) is 26.4 Å². The Morgan fingerprint density at radius 1 is 0.968 bits per heavy atom. The molecule has 0 amide bonds. The smallest absolute Gasteiger partial charge is 0.225 e. The van der Waals surface area contributed by atoms with Gasteiger partial charge < -0.3 is 15.4 Å². The van der Waals surface area contributed by atoms with Crippen LogP contribution in [0.4, 0.5) is 17.6 Å². The zero-order valence-corrected chi connectivity index (χ0v) is 17.2. The second-order valence-corrected chi connectivity index (χ2v) is 6.81. The van der Waals surface area contributed by atoms with Gasteiger partial charge in [0.2, 0.25) is 5.95 Å². The third-order valence-corrected chi connectivity index (χ3v) is 4.57. The van der Waals surface area contributed by atoms with E-state index in [4.69, 9.17) is 9.72 Å². The molecule has 0 unspecified atom stereocenters. The summed E-state index contributed by atoms with van der Waals surface area (Å²) in [5.74, 6) is 2.72. The summed E-state index contributed by atoms with van der Waals surface area (Å²) in [6.07, 6.45) is 5.42. The number of hydrogen-bond acceptors (Lipinski definition) is 6. The van der Waals surface area contributed by atoms with Crippen molar-refractivity contribution in [1.29, 1.82) is 0 Å². The highest BCUT2D eigenvalue weighted by molar-refractivity contribution is 5.91. The molecule has 7 heteroatoms. The summed E-state index contributed by atoms with van der Waals surface area (Å²) in [5.41, 5.74) is 1.85. The fraction of sp³-hybridized carbons (Fsp3) is 0.125. The Morgan fingerprint density at radius 3 is 2.68 bits per heavy atom. The van der Waals surface area contributed by atoms with Crippen molar-refractivity contribution in [1.82, 2.24) is 19.7 Å². The second kappa shape index (κ2) is 9.58. The summed E-state index contributed by atoms with van der Waals surface area (Å²) < 4.78 is 7.54. The minimum atomic E-state index is 0.454. The standard InChI is InChI=1S/C24H24N6O/c1-3-14-30-15-13-22(29-30)27-23-19-10-6-7-11-20(19)26-24(28-23)25-17-18-9-5-8-12-21(18)31-16-4-2/h3-13,15H,1-2,14,16-17H2,(H2,25,26,27,28,29). The van der Waals surface area contributed by atoms with Gasteiger partial charge in [-0.05, 0) is 18.2 Å². The van der Waals surface area contributed by atoms with Crippen LogP contribution in [0.25, 0.3) is 10.9 Å². The van der Waals surface area contributed by atoms with Gasteiger partial charge in [0.1, 0.15) is 18.2 Å². The molecule has 0 radical (unpaired) electrons. The van der Waals surface area contributed by atoms with Gasteiger partial charge >= 0.3 is 0 Å². The van der Waals surface area contributed by atoms with Crippen LogP contribution in [-0.2, 0) is 13.1 Å². The summed E-state index contributed by atoms with van der Waals surface area (Å²) in [4.78, 5) is 9.36. The van der Waals surface area contributed by atoms with Gasteiger partial charge in [0.05, 0.1) is 12.1 Å². The van der Waals surface area contributed by atoms with Crippen LogP contribution in [0.15, 0.2) is 86.1 Å². The lowest BCUT2D eigenvalue weighted by Crippen LogP contribution is -2.08. The van der Waals surface area contributed by atoms with Crippen LogP contribution in [0.5, 0.6) is 5.75 Å². The highest BCUT2D eigenvalue weighted by Crippen LogP contribution is 2.25. The first-order chi connectivity index (χ1) is 15.3. The number of anilines is 3. The monoisotopic (exact) mass is 412 g/mol. The Bertz CT molecular complexity index is 1200.